The second-order valence-electron chi connectivity index (χ2n) is 12.3. The van der Waals surface area contributed by atoms with Gasteiger partial charge < -0.3 is 18.9 Å². The van der Waals surface area contributed by atoms with Gasteiger partial charge in [0.15, 0.2) is 0 Å². The predicted molar refractivity (Wildman–Crippen MR) is 169 cm³/mol. The van der Waals surface area contributed by atoms with E-state index in [0.717, 1.165) is 40.6 Å². The molecule has 2 aromatic carbocycles. The van der Waals surface area contributed by atoms with Crippen LogP contribution in [0.3, 0.4) is 0 Å². The van der Waals surface area contributed by atoms with Crippen LogP contribution in [-0.2, 0) is 42.6 Å². The Morgan fingerprint density at radius 2 is 1.84 bits per heavy atom. The van der Waals surface area contributed by atoms with Crippen LogP contribution in [0.1, 0.15) is 50.5 Å². The number of amides is 1. The predicted octanol–water partition coefficient (Wildman–Crippen LogP) is 5.08. The molecule has 0 bridgehead atoms. The van der Waals surface area contributed by atoms with Gasteiger partial charge in [0.05, 0.1) is 47.0 Å². The van der Waals surface area contributed by atoms with E-state index >= 15 is 0 Å². The highest BCUT2D eigenvalue weighted by Crippen LogP contribution is 2.39. The van der Waals surface area contributed by atoms with Crippen LogP contribution < -0.4 is 4.72 Å². The van der Waals surface area contributed by atoms with Gasteiger partial charge in [0.1, 0.15) is 0 Å². The van der Waals surface area contributed by atoms with Crippen LogP contribution in [0.4, 0.5) is 0 Å². The summed E-state index contributed by atoms with van der Waals surface area (Å²) in [6.07, 6.45) is 6.51. The van der Waals surface area contributed by atoms with Crippen LogP contribution in [0.25, 0.3) is 22.2 Å². The Hall–Kier alpha value is -2.92. The van der Waals surface area contributed by atoms with E-state index in [1.807, 2.05) is 40.8 Å². The Balaban J connectivity index is 1.11. The van der Waals surface area contributed by atoms with Crippen molar-refractivity contribution in [2.24, 2.45) is 18.9 Å². The zero-order chi connectivity index (χ0) is 30.8. The molecule has 1 aliphatic heterocycles. The van der Waals surface area contributed by atoms with Crippen LogP contribution in [0.5, 0.6) is 0 Å². The third-order valence-corrected chi connectivity index (χ3v) is 11.4. The van der Waals surface area contributed by atoms with Crippen LogP contribution >= 0.6 is 11.6 Å². The number of hydrogen-bond donors (Lipinski definition) is 1. The second kappa shape index (κ2) is 13.2. The van der Waals surface area contributed by atoms with Gasteiger partial charge in [-0.25, -0.2) is 13.1 Å². The van der Waals surface area contributed by atoms with Crippen molar-refractivity contribution < 1.29 is 27.5 Å². The van der Waals surface area contributed by atoms with E-state index < -0.39 is 10.0 Å². The number of carbonyl (C=O) groups excluding carboxylic acids is 2. The largest absolute Gasteiger partial charge is 0.468 e. The first kappa shape index (κ1) is 31.1. The van der Waals surface area contributed by atoms with E-state index in [-0.39, 0.29) is 28.8 Å². The molecule has 1 aromatic heterocycles. The Kier molecular flexibility index (Phi) is 9.33. The maximum Gasteiger partial charge on any atom is 0.293 e. The van der Waals surface area contributed by atoms with E-state index in [9.17, 15) is 18.0 Å². The van der Waals surface area contributed by atoms with Crippen LogP contribution in [0.2, 0.25) is 5.02 Å². The van der Waals surface area contributed by atoms with Gasteiger partial charge in [0.2, 0.25) is 15.9 Å². The van der Waals surface area contributed by atoms with Gasteiger partial charge >= 0.3 is 0 Å². The number of ether oxygens (including phenoxy) is 2. The summed E-state index contributed by atoms with van der Waals surface area (Å²) < 4.78 is 42.3. The number of morpholine rings is 1. The molecule has 0 unspecified atom stereocenters. The molecule has 1 N–H and O–H groups in total. The summed E-state index contributed by atoms with van der Waals surface area (Å²) in [4.78, 5) is 26.0. The molecule has 3 fully saturated rings. The summed E-state index contributed by atoms with van der Waals surface area (Å²) in [6, 6.07) is 13.1. The molecule has 236 valence electrons. The number of sulfonamides is 1. The fourth-order valence-electron chi connectivity index (χ4n) is 6.84. The lowest BCUT2D eigenvalue weighted by molar-refractivity contribution is -0.146. The average molecular weight is 642 g/mol. The lowest BCUT2D eigenvalue weighted by Gasteiger charge is -2.39. The number of aryl methyl sites for hydroxylation is 2. The molecule has 0 radical (unpaired) electrons. The molecular formula is C33H40ClN3O6S. The molecule has 6 rings (SSSR count). The van der Waals surface area contributed by atoms with Gasteiger partial charge in [0, 0.05) is 30.9 Å². The molecular weight excluding hydrogens is 602 g/mol. The van der Waals surface area contributed by atoms with Crippen molar-refractivity contribution >= 4 is 44.9 Å². The lowest BCUT2D eigenvalue weighted by atomic mass is 9.85. The summed E-state index contributed by atoms with van der Waals surface area (Å²) in [7, 11) is -1.89. The van der Waals surface area contributed by atoms with Crippen LogP contribution in [0.15, 0.2) is 47.4 Å². The molecule has 0 spiro atoms. The van der Waals surface area contributed by atoms with E-state index in [0.29, 0.717) is 69.5 Å². The minimum absolute atomic E-state index is 0.0547. The van der Waals surface area contributed by atoms with E-state index in [1.165, 1.54) is 12.8 Å². The molecule has 1 saturated heterocycles. The van der Waals surface area contributed by atoms with Crippen molar-refractivity contribution in [1.82, 2.24) is 14.2 Å². The third-order valence-electron chi connectivity index (χ3n) is 9.46. The fraction of sp³-hybridized carbons (Fsp3) is 0.515. The smallest absolute Gasteiger partial charge is 0.293 e. The maximum atomic E-state index is 13.5. The Bertz CT molecular complexity index is 1610. The highest BCUT2D eigenvalue weighted by atomic mass is 35.5. The molecule has 3 aromatic rings. The lowest BCUT2D eigenvalue weighted by Crippen LogP contribution is -2.52. The van der Waals surface area contributed by atoms with E-state index in [1.54, 1.807) is 18.2 Å². The fourth-order valence-corrected chi connectivity index (χ4v) is 8.56. The summed E-state index contributed by atoms with van der Waals surface area (Å²) in [6.45, 7) is 2.73. The number of rotatable bonds is 11. The maximum absolute atomic E-state index is 13.5. The Morgan fingerprint density at radius 3 is 2.55 bits per heavy atom. The van der Waals surface area contributed by atoms with Crippen molar-refractivity contribution in [2.45, 2.75) is 68.3 Å². The summed E-state index contributed by atoms with van der Waals surface area (Å²) >= 11 is 6.83. The number of halogens is 1. The zero-order valence-electron chi connectivity index (χ0n) is 25.0. The van der Waals surface area contributed by atoms with Crippen LogP contribution in [-0.4, -0.2) is 68.7 Å². The van der Waals surface area contributed by atoms with Gasteiger partial charge in [-0.1, -0.05) is 35.9 Å². The first-order valence-electron chi connectivity index (χ1n) is 15.6. The first-order chi connectivity index (χ1) is 21.3. The topological polar surface area (TPSA) is 107 Å². The van der Waals surface area contributed by atoms with Gasteiger partial charge in [-0.3, -0.25) is 9.59 Å². The van der Waals surface area contributed by atoms with Crippen LogP contribution in [0, 0.1) is 11.8 Å². The normalized spacial score (nSPS) is 22.7. The molecule has 9 nitrogen and oxygen atoms in total. The van der Waals surface area contributed by atoms with Gasteiger partial charge in [0.25, 0.3) is 6.47 Å². The number of nitrogens with one attached hydrogen (secondary N) is 1. The molecule has 1 amide bonds. The first-order valence-corrected chi connectivity index (χ1v) is 17.5. The molecule has 1 atom stereocenters. The SMILES string of the molecule is Cn1c(-c2ccc(CCCOC=O)cc2)c(Cl)c2ccc(S(=O)(=O)NC3CCC(C(=O)N4CCOC[C@@H]4C4CC4)CC3)cc21. The highest BCUT2D eigenvalue weighted by molar-refractivity contribution is 7.89. The monoisotopic (exact) mass is 641 g/mol. The van der Waals surface area contributed by atoms with E-state index in [4.69, 9.17) is 21.1 Å². The summed E-state index contributed by atoms with van der Waals surface area (Å²) in [5.41, 5.74) is 3.59. The zero-order valence-corrected chi connectivity index (χ0v) is 26.6. The molecule has 2 heterocycles. The van der Waals surface area contributed by atoms with Gasteiger partial charge in [-0.2, -0.15) is 0 Å². The quantitative estimate of drug-likeness (QED) is 0.231. The van der Waals surface area contributed by atoms with Crippen molar-refractivity contribution in [3.63, 3.8) is 0 Å². The second-order valence-corrected chi connectivity index (χ2v) is 14.4. The number of benzene rings is 2. The highest BCUT2D eigenvalue weighted by Gasteiger charge is 2.41. The van der Waals surface area contributed by atoms with Crippen molar-refractivity contribution in [3.05, 3.63) is 53.1 Å². The average Bonchev–Trinajstić information content (AvgIpc) is 3.86. The van der Waals surface area contributed by atoms with E-state index in [2.05, 4.69) is 4.72 Å². The van der Waals surface area contributed by atoms with Crippen molar-refractivity contribution in [1.29, 1.82) is 0 Å². The Labute approximate surface area is 263 Å². The molecule has 2 aliphatic carbocycles. The van der Waals surface area contributed by atoms with Gasteiger partial charge in [-0.05, 0) is 86.6 Å². The number of hydrogen-bond acceptors (Lipinski definition) is 6. The number of carbonyl (C=O) groups is 2. The standard InChI is InChI=1S/C33H40ClN3O6S/c1-36-29-19-27(14-15-28(29)31(34)32(36)24-6-4-22(5-7-24)3-2-17-43-21-38)44(40,41)35-26-12-10-25(11-13-26)33(39)37-16-18-42-20-30(37)23-8-9-23/h4-7,14-15,19,21,23,25-26,30,35H,2-3,8-13,16-18,20H2,1H3/t25?,26?,30-/m1/s1. The molecule has 3 aliphatic rings. The Morgan fingerprint density at radius 1 is 1.09 bits per heavy atom. The summed E-state index contributed by atoms with van der Waals surface area (Å²) in [5.74, 6) is 0.732. The summed E-state index contributed by atoms with van der Waals surface area (Å²) in [5, 5.41) is 1.35. The number of nitrogens with zero attached hydrogens (tertiary/aromatic N) is 2. The molecule has 11 heteroatoms. The molecule has 44 heavy (non-hydrogen) atoms. The minimum atomic E-state index is -3.78. The van der Waals surface area contributed by atoms with Crippen molar-refractivity contribution in [2.75, 3.05) is 26.4 Å². The van der Waals surface area contributed by atoms with Crippen molar-refractivity contribution in [3.8, 4) is 11.3 Å². The number of aromatic nitrogens is 1. The third kappa shape index (κ3) is 6.54. The minimum Gasteiger partial charge on any atom is -0.468 e. The number of fused-ring (bicyclic) bond motifs is 1. The van der Waals surface area contributed by atoms with Gasteiger partial charge in [-0.15, -0.1) is 0 Å². The molecule has 2 saturated carbocycles.